The summed E-state index contributed by atoms with van der Waals surface area (Å²) in [6.07, 6.45) is 1.70. The first-order valence-corrected chi connectivity index (χ1v) is 8.30. The minimum absolute atomic E-state index is 0.105. The molecule has 1 saturated heterocycles. The lowest BCUT2D eigenvalue weighted by Crippen LogP contribution is -2.30. The van der Waals surface area contributed by atoms with Crippen LogP contribution in [-0.4, -0.2) is 22.5 Å². The molecule has 4 nitrogen and oxygen atoms in total. The number of hydrogen-bond donors (Lipinski definition) is 1. The number of hydrogen-bond acceptors (Lipinski definition) is 3. The van der Waals surface area contributed by atoms with Gasteiger partial charge in [-0.25, -0.2) is 4.39 Å². The highest BCUT2D eigenvalue weighted by molar-refractivity contribution is 7.80. The highest BCUT2D eigenvalue weighted by atomic mass is 32.1. The molecule has 0 aliphatic carbocycles. The van der Waals surface area contributed by atoms with Gasteiger partial charge < -0.3 is 10.1 Å². The second-order valence-electron chi connectivity index (χ2n) is 5.46. The highest BCUT2D eigenvalue weighted by Gasteiger charge is 2.29. The van der Waals surface area contributed by atoms with Gasteiger partial charge in [0.05, 0.1) is 0 Å². The number of nitrogens with zero attached hydrogens (tertiary/aromatic N) is 1. The predicted octanol–water partition coefficient (Wildman–Crippen LogP) is 3.48. The quantitative estimate of drug-likeness (QED) is 0.658. The number of likely N-dealkylation sites (N-methyl/N-ethyl adjacent to an activating group) is 1. The van der Waals surface area contributed by atoms with Gasteiger partial charge in [0, 0.05) is 17.7 Å². The molecule has 0 spiro atoms. The minimum atomic E-state index is -0.310. The molecule has 1 fully saturated rings. The number of para-hydroxylation sites is 1. The summed E-state index contributed by atoms with van der Waals surface area (Å²) in [6.45, 7) is 2.47. The van der Waals surface area contributed by atoms with Gasteiger partial charge >= 0.3 is 0 Å². The van der Waals surface area contributed by atoms with Gasteiger partial charge in [-0.1, -0.05) is 36.4 Å². The van der Waals surface area contributed by atoms with E-state index in [1.54, 1.807) is 30.3 Å². The second kappa shape index (κ2) is 7.44. The maximum Gasteiger partial charge on any atom is 0.276 e. The third-order valence-corrected chi connectivity index (χ3v) is 4.16. The van der Waals surface area contributed by atoms with Gasteiger partial charge in [0.25, 0.3) is 5.91 Å². The largest absolute Gasteiger partial charge is 0.488 e. The lowest BCUT2D eigenvalue weighted by molar-refractivity contribution is -0.122. The van der Waals surface area contributed by atoms with E-state index < -0.39 is 0 Å². The number of carbonyl (C=O) groups is 1. The Morgan fingerprint density at radius 3 is 2.64 bits per heavy atom. The zero-order chi connectivity index (χ0) is 17.8. The van der Waals surface area contributed by atoms with Crippen LogP contribution >= 0.6 is 12.2 Å². The van der Waals surface area contributed by atoms with Gasteiger partial charge in [-0.05, 0) is 37.4 Å². The maximum absolute atomic E-state index is 13.7. The smallest absolute Gasteiger partial charge is 0.276 e. The molecule has 2 aromatic carbocycles. The molecule has 0 aromatic heterocycles. The van der Waals surface area contributed by atoms with Gasteiger partial charge in [0.1, 0.15) is 23.9 Å². The summed E-state index contributed by atoms with van der Waals surface area (Å²) >= 11 is 5.15. The topological polar surface area (TPSA) is 41.6 Å². The lowest BCUT2D eigenvalue weighted by Gasteiger charge is -2.10. The van der Waals surface area contributed by atoms with Crippen molar-refractivity contribution in [3.63, 3.8) is 0 Å². The van der Waals surface area contributed by atoms with Crippen molar-refractivity contribution >= 4 is 29.3 Å². The van der Waals surface area contributed by atoms with Gasteiger partial charge in [0.15, 0.2) is 5.11 Å². The Hall–Kier alpha value is -2.73. The Kier molecular flexibility index (Phi) is 5.09. The monoisotopic (exact) mass is 356 g/mol. The standard InChI is InChI=1S/C19H17FN2O2S/c1-2-22-18(23)16(21-19(22)25)11-13-7-4-6-10-17(13)24-12-14-8-3-5-9-15(14)20/h3-11H,2,12H2,1H3,(H,21,25)/b16-11-. The van der Waals surface area contributed by atoms with Crippen LogP contribution in [-0.2, 0) is 11.4 Å². The molecule has 2 aromatic rings. The Morgan fingerprint density at radius 2 is 1.92 bits per heavy atom. The molecule has 3 rings (SSSR count). The number of halogens is 1. The van der Waals surface area contributed by atoms with Crippen LogP contribution in [0.25, 0.3) is 6.08 Å². The van der Waals surface area contributed by atoms with Crippen molar-refractivity contribution in [3.05, 3.63) is 71.2 Å². The van der Waals surface area contributed by atoms with E-state index in [9.17, 15) is 9.18 Å². The van der Waals surface area contributed by atoms with Gasteiger partial charge in [-0.2, -0.15) is 0 Å². The van der Waals surface area contributed by atoms with Crippen LogP contribution in [0.15, 0.2) is 54.2 Å². The number of rotatable bonds is 5. The fraction of sp³-hybridized carbons (Fsp3) is 0.158. The summed E-state index contributed by atoms with van der Waals surface area (Å²) in [5.41, 5.74) is 1.59. The molecule has 1 amide bonds. The first kappa shape index (κ1) is 17.1. The molecule has 128 valence electrons. The number of thiocarbonyl (C=S) groups is 1. The van der Waals surface area contributed by atoms with E-state index in [0.717, 1.165) is 5.56 Å². The van der Waals surface area contributed by atoms with E-state index in [4.69, 9.17) is 17.0 Å². The van der Waals surface area contributed by atoms with E-state index in [-0.39, 0.29) is 18.3 Å². The fourth-order valence-electron chi connectivity index (χ4n) is 2.52. The molecular formula is C19H17FN2O2S. The number of nitrogens with one attached hydrogen (secondary N) is 1. The molecule has 1 aliphatic rings. The molecule has 6 heteroatoms. The minimum Gasteiger partial charge on any atom is -0.488 e. The molecular weight excluding hydrogens is 339 g/mol. The Bertz CT molecular complexity index is 851. The molecule has 0 unspecified atom stereocenters. The van der Waals surface area contributed by atoms with E-state index in [1.165, 1.54) is 11.0 Å². The van der Waals surface area contributed by atoms with Crippen LogP contribution in [0.3, 0.4) is 0 Å². The average Bonchev–Trinajstić information content (AvgIpc) is 2.88. The average molecular weight is 356 g/mol. The number of benzene rings is 2. The molecule has 0 radical (unpaired) electrons. The van der Waals surface area contributed by atoms with Gasteiger partial charge in [-0.3, -0.25) is 9.69 Å². The first-order chi connectivity index (χ1) is 12.1. The maximum atomic E-state index is 13.7. The van der Waals surface area contributed by atoms with Crippen molar-refractivity contribution in [1.82, 2.24) is 10.2 Å². The summed E-state index contributed by atoms with van der Waals surface area (Å²) in [7, 11) is 0. The summed E-state index contributed by atoms with van der Waals surface area (Å²) in [4.78, 5) is 13.8. The fourth-order valence-corrected chi connectivity index (χ4v) is 2.84. The molecule has 0 bridgehead atoms. The van der Waals surface area contributed by atoms with Crippen LogP contribution in [0.1, 0.15) is 18.1 Å². The van der Waals surface area contributed by atoms with Crippen molar-refractivity contribution in [1.29, 1.82) is 0 Å². The SMILES string of the molecule is CCN1C(=O)/C(=C/c2ccccc2OCc2ccccc2F)NC1=S. The van der Waals surface area contributed by atoms with Crippen molar-refractivity contribution in [3.8, 4) is 5.75 Å². The Labute approximate surface area is 150 Å². The first-order valence-electron chi connectivity index (χ1n) is 7.90. The van der Waals surface area contributed by atoms with Crippen LogP contribution in [0, 0.1) is 5.82 Å². The van der Waals surface area contributed by atoms with E-state index >= 15 is 0 Å². The van der Waals surface area contributed by atoms with Gasteiger partial charge in [-0.15, -0.1) is 0 Å². The highest BCUT2D eigenvalue weighted by Crippen LogP contribution is 2.24. The lowest BCUT2D eigenvalue weighted by atomic mass is 10.1. The zero-order valence-electron chi connectivity index (χ0n) is 13.7. The van der Waals surface area contributed by atoms with E-state index in [0.29, 0.717) is 28.7 Å². The predicted molar refractivity (Wildman–Crippen MR) is 98.3 cm³/mol. The Morgan fingerprint density at radius 1 is 1.20 bits per heavy atom. The Balaban J connectivity index is 1.82. The van der Waals surface area contributed by atoms with Crippen LogP contribution in [0.5, 0.6) is 5.75 Å². The number of amides is 1. The normalized spacial score (nSPS) is 15.6. The van der Waals surface area contributed by atoms with Crippen LogP contribution in [0.4, 0.5) is 4.39 Å². The summed E-state index contributed by atoms with van der Waals surface area (Å²) in [5, 5.41) is 3.31. The van der Waals surface area contributed by atoms with E-state index in [1.807, 2.05) is 25.1 Å². The second-order valence-corrected chi connectivity index (χ2v) is 5.84. The molecule has 0 saturated carbocycles. The van der Waals surface area contributed by atoms with Crippen molar-refractivity contribution < 1.29 is 13.9 Å². The third kappa shape index (κ3) is 3.69. The molecule has 1 heterocycles. The van der Waals surface area contributed by atoms with Crippen molar-refractivity contribution in [2.45, 2.75) is 13.5 Å². The van der Waals surface area contributed by atoms with E-state index in [2.05, 4.69) is 5.32 Å². The summed E-state index contributed by atoms with van der Waals surface area (Å²) in [6, 6.07) is 13.8. The zero-order valence-corrected chi connectivity index (χ0v) is 14.5. The van der Waals surface area contributed by atoms with Gasteiger partial charge in [0.2, 0.25) is 0 Å². The molecule has 25 heavy (non-hydrogen) atoms. The molecule has 1 N–H and O–H groups in total. The number of carbonyl (C=O) groups excluding carboxylic acids is 1. The van der Waals surface area contributed by atoms with Crippen LogP contribution < -0.4 is 10.1 Å². The number of ether oxygens (including phenoxy) is 1. The molecule has 0 atom stereocenters. The third-order valence-electron chi connectivity index (χ3n) is 3.84. The molecule has 1 aliphatic heterocycles. The van der Waals surface area contributed by atoms with Crippen LogP contribution in [0.2, 0.25) is 0 Å². The van der Waals surface area contributed by atoms with Crippen molar-refractivity contribution in [2.24, 2.45) is 0 Å². The van der Waals surface area contributed by atoms with Crippen molar-refractivity contribution in [2.75, 3.05) is 6.54 Å². The summed E-state index contributed by atoms with van der Waals surface area (Å²) in [5.74, 6) is 0.0834. The summed E-state index contributed by atoms with van der Waals surface area (Å²) < 4.78 is 19.5.